The number of rotatable bonds is 8. The van der Waals surface area contributed by atoms with Crippen molar-refractivity contribution in [3.05, 3.63) is 48.0 Å². The van der Waals surface area contributed by atoms with Crippen molar-refractivity contribution in [3.63, 3.8) is 0 Å². The summed E-state index contributed by atoms with van der Waals surface area (Å²) in [6, 6.07) is 10.00. The minimum absolute atomic E-state index is 0.0884. The number of benzene rings is 2. The molecule has 1 saturated heterocycles. The van der Waals surface area contributed by atoms with Crippen molar-refractivity contribution < 1.29 is 29.4 Å². The van der Waals surface area contributed by atoms with Gasteiger partial charge >= 0.3 is 11.9 Å². The first kappa shape index (κ1) is 22.2. The SMILES string of the molecule is N[C@@H](CC(=O)O)C(=O)N1CCC[C@H]1C(=O)N[C@H](Cc1ccc2ccccc2c1)C(=O)O. The van der Waals surface area contributed by atoms with E-state index in [1.165, 1.54) is 4.90 Å². The first-order valence-corrected chi connectivity index (χ1v) is 10.0. The Balaban J connectivity index is 1.69. The van der Waals surface area contributed by atoms with Crippen LogP contribution in [0.5, 0.6) is 0 Å². The summed E-state index contributed by atoms with van der Waals surface area (Å²) in [6.07, 6.45) is 0.459. The summed E-state index contributed by atoms with van der Waals surface area (Å²) in [5.41, 5.74) is 6.42. The molecule has 0 unspecified atom stereocenters. The highest BCUT2D eigenvalue weighted by Crippen LogP contribution is 2.20. The number of amides is 2. The summed E-state index contributed by atoms with van der Waals surface area (Å²) in [7, 11) is 0. The van der Waals surface area contributed by atoms with Crippen molar-refractivity contribution in [1.82, 2.24) is 10.2 Å². The molecule has 1 aliphatic heterocycles. The van der Waals surface area contributed by atoms with E-state index in [9.17, 15) is 24.3 Å². The van der Waals surface area contributed by atoms with Crippen molar-refractivity contribution in [1.29, 1.82) is 0 Å². The molecule has 0 bridgehead atoms. The van der Waals surface area contributed by atoms with E-state index in [-0.39, 0.29) is 13.0 Å². The van der Waals surface area contributed by atoms with Crippen molar-refractivity contribution in [2.24, 2.45) is 5.73 Å². The lowest BCUT2D eigenvalue weighted by molar-refractivity contribution is -0.145. The Morgan fingerprint density at radius 3 is 2.48 bits per heavy atom. The summed E-state index contributed by atoms with van der Waals surface area (Å²) in [5, 5.41) is 23.0. The summed E-state index contributed by atoms with van der Waals surface area (Å²) in [6.45, 7) is 0.270. The van der Waals surface area contributed by atoms with Gasteiger partial charge in [-0.1, -0.05) is 42.5 Å². The molecule has 3 rings (SSSR count). The minimum Gasteiger partial charge on any atom is -0.481 e. The molecule has 0 radical (unpaired) electrons. The molecule has 2 aromatic carbocycles. The van der Waals surface area contributed by atoms with Crippen LogP contribution in [-0.2, 0) is 25.6 Å². The van der Waals surface area contributed by atoms with Crippen LogP contribution in [0.3, 0.4) is 0 Å². The molecular weight excluding hydrogens is 402 g/mol. The van der Waals surface area contributed by atoms with Crippen molar-refractivity contribution >= 4 is 34.5 Å². The van der Waals surface area contributed by atoms with E-state index in [0.717, 1.165) is 16.3 Å². The molecule has 9 heteroatoms. The summed E-state index contributed by atoms with van der Waals surface area (Å²) in [5.74, 6) is -3.59. The van der Waals surface area contributed by atoms with Crippen molar-refractivity contribution in [2.75, 3.05) is 6.54 Å². The number of hydrogen-bond acceptors (Lipinski definition) is 5. The average Bonchev–Trinajstić information content (AvgIpc) is 3.22. The molecule has 0 saturated carbocycles. The Hall–Kier alpha value is -3.46. The van der Waals surface area contributed by atoms with Crippen LogP contribution in [0.4, 0.5) is 0 Å². The largest absolute Gasteiger partial charge is 0.481 e. The van der Waals surface area contributed by atoms with Crippen LogP contribution in [0.1, 0.15) is 24.8 Å². The number of likely N-dealkylation sites (tertiary alicyclic amines) is 1. The molecule has 9 nitrogen and oxygen atoms in total. The number of carbonyl (C=O) groups excluding carboxylic acids is 2. The molecule has 31 heavy (non-hydrogen) atoms. The zero-order valence-corrected chi connectivity index (χ0v) is 16.9. The first-order valence-electron chi connectivity index (χ1n) is 10.0. The van der Waals surface area contributed by atoms with E-state index >= 15 is 0 Å². The second-order valence-electron chi connectivity index (χ2n) is 7.68. The fourth-order valence-corrected chi connectivity index (χ4v) is 3.86. The van der Waals surface area contributed by atoms with Crippen molar-refractivity contribution in [2.45, 2.75) is 43.8 Å². The zero-order valence-electron chi connectivity index (χ0n) is 16.9. The lowest BCUT2D eigenvalue weighted by Crippen LogP contribution is -2.54. The Bertz CT molecular complexity index is 1010. The summed E-state index contributed by atoms with van der Waals surface area (Å²) >= 11 is 0. The molecule has 0 aromatic heterocycles. The van der Waals surface area contributed by atoms with Gasteiger partial charge in [0.05, 0.1) is 12.5 Å². The molecule has 1 aliphatic rings. The van der Waals surface area contributed by atoms with Crippen LogP contribution in [0.15, 0.2) is 42.5 Å². The fourth-order valence-electron chi connectivity index (χ4n) is 3.86. The number of carbonyl (C=O) groups is 4. The molecule has 0 aliphatic carbocycles. The highest BCUT2D eigenvalue weighted by molar-refractivity contribution is 5.93. The molecular formula is C22H25N3O6. The van der Waals surface area contributed by atoms with Crippen LogP contribution in [0.2, 0.25) is 0 Å². The third-order valence-electron chi connectivity index (χ3n) is 5.42. The second-order valence-corrected chi connectivity index (χ2v) is 7.68. The standard InChI is InChI=1S/C22H25N3O6/c23-16(12-19(26)27)21(29)25-9-3-6-18(25)20(28)24-17(22(30)31)11-13-7-8-14-4-1-2-5-15(14)10-13/h1-2,4-5,7-8,10,16-18H,3,6,9,11-12,23H2,(H,24,28)(H,26,27)(H,30,31)/t16-,17+,18-/m0/s1. The molecule has 1 heterocycles. The van der Waals surface area contributed by atoms with Crippen LogP contribution in [0.25, 0.3) is 10.8 Å². The number of fused-ring (bicyclic) bond motifs is 1. The number of carboxylic acid groups (broad SMARTS) is 2. The third-order valence-corrected chi connectivity index (χ3v) is 5.42. The van der Waals surface area contributed by atoms with Gasteiger partial charge in [0.1, 0.15) is 12.1 Å². The number of carboxylic acids is 2. The predicted molar refractivity (Wildman–Crippen MR) is 112 cm³/mol. The molecule has 5 N–H and O–H groups in total. The van der Waals surface area contributed by atoms with Gasteiger partial charge < -0.3 is 26.2 Å². The van der Waals surface area contributed by atoms with Crippen LogP contribution in [0, 0.1) is 0 Å². The molecule has 2 amide bonds. The minimum atomic E-state index is -1.25. The second kappa shape index (κ2) is 9.57. The van der Waals surface area contributed by atoms with E-state index in [1.807, 2.05) is 42.5 Å². The van der Waals surface area contributed by atoms with E-state index in [4.69, 9.17) is 10.8 Å². The van der Waals surface area contributed by atoms with Crippen LogP contribution < -0.4 is 11.1 Å². The maximum absolute atomic E-state index is 12.8. The van der Waals surface area contributed by atoms with Gasteiger partial charge in [-0.3, -0.25) is 14.4 Å². The van der Waals surface area contributed by atoms with E-state index < -0.39 is 48.3 Å². The smallest absolute Gasteiger partial charge is 0.326 e. The average molecular weight is 427 g/mol. The highest BCUT2D eigenvalue weighted by atomic mass is 16.4. The van der Waals surface area contributed by atoms with Gasteiger partial charge in [-0.25, -0.2) is 4.79 Å². The quantitative estimate of drug-likeness (QED) is 0.485. The number of nitrogens with two attached hydrogens (primary N) is 1. The normalized spacial score (nSPS) is 17.8. The molecule has 164 valence electrons. The Labute approximate surface area is 178 Å². The van der Waals surface area contributed by atoms with Gasteiger partial charge in [-0.15, -0.1) is 0 Å². The lowest BCUT2D eigenvalue weighted by Gasteiger charge is -2.27. The maximum atomic E-state index is 12.8. The number of nitrogens with zero attached hydrogens (tertiary/aromatic N) is 1. The van der Waals surface area contributed by atoms with E-state index in [2.05, 4.69) is 5.32 Å². The van der Waals surface area contributed by atoms with E-state index in [0.29, 0.717) is 12.8 Å². The lowest BCUT2D eigenvalue weighted by atomic mass is 10.0. The third kappa shape index (κ3) is 5.37. The van der Waals surface area contributed by atoms with Crippen molar-refractivity contribution in [3.8, 4) is 0 Å². The summed E-state index contributed by atoms with van der Waals surface area (Å²) < 4.78 is 0. The van der Waals surface area contributed by atoms with Crippen LogP contribution in [-0.4, -0.2) is 63.5 Å². The highest BCUT2D eigenvalue weighted by Gasteiger charge is 2.38. The molecule has 2 aromatic rings. The molecule has 1 fully saturated rings. The fraction of sp³-hybridized carbons (Fsp3) is 0.364. The van der Waals surface area contributed by atoms with Crippen LogP contribution >= 0.6 is 0 Å². The van der Waals surface area contributed by atoms with E-state index in [1.54, 1.807) is 0 Å². The van der Waals surface area contributed by atoms with Gasteiger partial charge in [-0.2, -0.15) is 0 Å². The van der Waals surface area contributed by atoms with Gasteiger partial charge in [0.15, 0.2) is 0 Å². The van der Waals surface area contributed by atoms with Gasteiger partial charge in [0, 0.05) is 13.0 Å². The first-order chi connectivity index (χ1) is 14.8. The number of nitrogens with one attached hydrogen (secondary N) is 1. The van der Waals surface area contributed by atoms with Gasteiger partial charge in [0.2, 0.25) is 11.8 Å². The topological polar surface area (TPSA) is 150 Å². The Kier molecular flexibility index (Phi) is 6.86. The maximum Gasteiger partial charge on any atom is 0.326 e. The monoisotopic (exact) mass is 427 g/mol. The number of hydrogen-bond donors (Lipinski definition) is 4. The molecule has 0 spiro atoms. The predicted octanol–water partition coefficient (Wildman–Crippen LogP) is 0.745. The zero-order chi connectivity index (χ0) is 22.5. The Morgan fingerprint density at radius 1 is 1.10 bits per heavy atom. The Morgan fingerprint density at radius 2 is 1.81 bits per heavy atom. The van der Waals surface area contributed by atoms with Gasteiger partial charge in [0.25, 0.3) is 0 Å². The van der Waals surface area contributed by atoms with Gasteiger partial charge in [-0.05, 0) is 29.2 Å². The molecule has 3 atom stereocenters. The summed E-state index contributed by atoms with van der Waals surface area (Å²) in [4.78, 5) is 49.1. The number of aliphatic carboxylic acids is 2.